The molecule has 0 N–H and O–H groups in total. The zero-order valence-corrected chi connectivity index (χ0v) is 13.6. The highest BCUT2D eigenvalue weighted by molar-refractivity contribution is 6.31. The fourth-order valence-electron chi connectivity index (χ4n) is 2.69. The molecule has 0 bridgehead atoms. The quantitative estimate of drug-likeness (QED) is 0.798. The van der Waals surface area contributed by atoms with Gasteiger partial charge in [-0.3, -0.25) is 0 Å². The first-order valence-corrected chi connectivity index (χ1v) is 8.23. The van der Waals surface area contributed by atoms with Crippen molar-refractivity contribution >= 4 is 11.6 Å². The third kappa shape index (κ3) is 3.82. The van der Waals surface area contributed by atoms with Gasteiger partial charge in [0.15, 0.2) is 0 Å². The van der Waals surface area contributed by atoms with E-state index in [9.17, 15) is 0 Å². The zero-order valence-electron chi connectivity index (χ0n) is 12.8. The van der Waals surface area contributed by atoms with Crippen LogP contribution in [0.25, 0.3) is 0 Å². The standard InChI is InChI=1S/C19H21ClO2/c1-2-14-5-8-19(20)16(11-14)12-15-3-6-17(7-4-15)22-18-9-10-21-13-18/h3-8,11,18H,2,9-10,12-13H2,1H3/t18-/m0/s1. The van der Waals surface area contributed by atoms with Crippen LogP contribution in [0.5, 0.6) is 5.75 Å². The minimum absolute atomic E-state index is 0.196. The molecule has 3 rings (SSSR count). The minimum Gasteiger partial charge on any atom is -0.488 e. The van der Waals surface area contributed by atoms with E-state index < -0.39 is 0 Å². The van der Waals surface area contributed by atoms with Crippen molar-refractivity contribution in [3.05, 3.63) is 64.2 Å². The summed E-state index contributed by atoms with van der Waals surface area (Å²) in [7, 11) is 0. The molecule has 1 fully saturated rings. The van der Waals surface area contributed by atoms with E-state index in [2.05, 4.69) is 31.2 Å². The number of benzene rings is 2. The highest BCUT2D eigenvalue weighted by Crippen LogP contribution is 2.23. The van der Waals surface area contributed by atoms with Gasteiger partial charge in [0.25, 0.3) is 0 Å². The molecule has 1 aliphatic heterocycles. The second kappa shape index (κ2) is 7.17. The summed E-state index contributed by atoms with van der Waals surface area (Å²) in [4.78, 5) is 0. The zero-order chi connectivity index (χ0) is 15.4. The van der Waals surface area contributed by atoms with Crippen LogP contribution in [-0.2, 0) is 17.6 Å². The van der Waals surface area contributed by atoms with Gasteiger partial charge in [-0.05, 0) is 47.7 Å². The van der Waals surface area contributed by atoms with Crippen LogP contribution in [0.15, 0.2) is 42.5 Å². The molecule has 1 heterocycles. The van der Waals surface area contributed by atoms with Crippen LogP contribution in [0, 0.1) is 0 Å². The molecule has 0 amide bonds. The van der Waals surface area contributed by atoms with Crippen molar-refractivity contribution in [2.24, 2.45) is 0 Å². The van der Waals surface area contributed by atoms with Gasteiger partial charge in [-0.25, -0.2) is 0 Å². The average Bonchev–Trinajstić information content (AvgIpc) is 3.04. The van der Waals surface area contributed by atoms with Crippen LogP contribution < -0.4 is 4.74 Å². The van der Waals surface area contributed by atoms with Crippen molar-refractivity contribution in [2.45, 2.75) is 32.3 Å². The van der Waals surface area contributed by atoms with Crippen LogP contribution in [0.3, 0.4) is 0 Å². The first kappa shape index (κ1) is 15.4. The Morgan fingerprint density at radius 2 is 1.91 bits per heavy atom. The third-order valence-corrected chi connectivity index (χ3v) is 4.40. The van der Waals surface area contributed by atoms with Crippen LogP contribution in [0.2, 0.25) is 5.02 Å². The highest BCUT2D eigenvalue weighted by atomic mass is 35.5. The number of ether oxygens (including phenoxy) is 2. The summed E-state index contributed by atoms with van der Waals surface area (Å²) in [6, 6.07) is 14.6. The summed E-state index contributed by atoms with van der Waals surface area (Å²) >= 11 is 6.31. The SMILES string of the molecule is CCc1ccc(Cl)c(Cc2ccc(O[C@H]3CCOC3)cc2)c1. The molecular weight excluding hydrogens is 296 g/mol. The van der Waals surface area contributed by atoms with Crippen LogP contribution in [0.1, 0.15) is 30.0 Å². The fourth-order valence-corrected chi connectivity index (χ4v) is 2.87. The van der Waals surface area contributed by atoms with Gasteiger partial charge in [0.05, 0.1) is 13.2 Å². The molecule has 0 radical (unpaired) electrons. The van der Waals surface area contributed by atoms with Gasteiger partial charge >= 0.3 is 0 Å². The third-order valence-electron chi connectivity index (χ3n) is 4.03. The number of aryl methyl sites for hydroxylation is 1. The molecule has 0 saturated carbocycles. The summed E-state index contributed by atoms with van der Waals surface area (Å²) < 4.78 is 11.2. The number of hydrogen-bond acceptors (Lipinski definition) is 2. The topological polar surface area (TPSA) is 18.5 Å². The fraction of sp³-hybridized carbons (Fsp3) is 0.368. The van der Waals surface area contributed by atoms with Crippen LogP contribution in [0.4, 0.5) is 0 Å². The Hall–Kier alpha value is -1.51. The first-order chi connectivity index (χ1) is 10.7. The van der Waals surface area contributed by atoms with Crippen molar-refractivity contribution in [1.82, 2.24) is 0 Å². The maximum Gasteiger partial charge on any atom is 0.124 e. The molecule has 2 nitrogen and oxygen atoms in total. The largest absolute Gasteiger partial charge is 0.488 e. The smallest absolute Gasteiger partial charge is 0.124 e. The summed E-state index contributed by atoms with van der Waals surface area (Å²) in [6.45, 7) is 3.65. The van der Waals surface area contributed by atoms with Gasteiger partial charge in [0.2, 0.25) is 0 Å². The molecule has 22 heavy (non-hydrogen) atoms. The number of rotatable bonds is 5. The molecule has 0 aromatic heterocycles. The molecule has 0 aliphatic carbocycles. The van der Waals surface area contributed by atoms with Gasteiger partial charge in [-0.2, -0.15) is 0 Å². The number of hydrogen-bond donors (Lipinski definition) is 0. The first-order valence-electron chi connectivity index (χ1n) is 7.85. The molecule has 1 atom stereocenters. The Morgan fingerprint density at radius 3 is 2.59 bits per heavy atom. The Morgan fingerprint density at radius 1 is 1.14 bits per heavy atom. The van der Waals surface area contributed by atoms with Gasteiger partial charge in [-0.15, -0.1) is 0 Å². The average molecular weight is 317 g/mol. The van der Waals surface area contributed by atoms with E-state index in [0.29, 0.717) is 6.61 Å². The molecule has 0 unspecified atom stereocenters. The Balaban J connectivity index is 1.67. The predicted molar refractivity (Wildman–Crippen MR) is 89.9 cm³/mol. The molecule has 1 saturated heterocycles. The van der Waals surface area contributed by atoms with Crippen LogP contribution >= 0.6 is 11.6 Å². The minimum atomic E-state index is 0.196. The van der Waals surface area contributed by atoms with Crippen molar-refractivity contribution in [2.75, 3.05) is 13.2 Å². The molecule has 3 heteroatoms. The van der Waals surface area contributed by atoms with E-state index in [1.165, 1.54) is 16.7 Å². The van der Waals surface area contributed by atoms with Gasteiger partial charge in [-0.1, -0.05) is 42.8 Å². The molecule has 2 aromatic carbocycles. The molecule has 1 aliphatic rings. The van der Waals surface area contributed by atoms with Gasteiger partial charge in [0, 0.05) is 11.4 Å². The normalized spacial score (nSPS) is 17.6. The lowest BCUT2D eigenvalue weighted by Gasteiger charge is -2.12. The lowest BCUT2D eigenvalue weighted by molar-refractivity contribution is 0.141. The van der Waals surface area contributed by atoms with Crippen LogP contribution in [-0.4, -0.2) is 19.3 Å². The van der Waals surface area contributed by atoms with Gasteiger partial charge in [0.1, 0.15) is 11.9 Å². The maximum atomic E-state index is 6.31. The molecule has 116 valence electrons. The van der Waals surface area contributed by atoms with E-state index in [-0.39, 0.29) is 6.10 Å². The second-order valence-electron chi connectivity index (χ2n) is 5.70. The second-order valence-corrected chi connectivity index (χ2v) is 6.11. The Bertz CT molecular complexity index is 616. The lowest BCUT2D eigenvalue weighted by atomic mass is 10.0. The highest BCUT2D eigenvalue weighted by Gasteiger charge is 2.16. The van der Waals surface area contributed by atoms with E-state index in [1.807, 2.05) is 18.2 Å². The van der Waals surface area contributed by atoms with E-state index >= 15 is 0 Å². The summed E-state index contributed by atoms with van der Waals surface area (Å²) in [5.74, 6) is 0.910. The monoisotopic (exact) mass is 316 g/mol. The summed E-state index contributed by atoms with van der Waals surface area (Å²) in [6.07, 6.45) is 3.04. The number of halogens is 1. The van der Waals surface area contributed by atoms with E-state index in [0.717, 1.165) is 36.6 Å². The van der Waals surface area contributed by atoms with Crippen molar-refractivity contribution in [3.63, 3.8) is 0 Å². The van der Waals surface area contributed by atoms with E-state index in [1.54, 1.807) is 0 Å². The summed E-state index contributed by atoms with van der Waals surface area (Å²) in [5, 5.41) is 0.834. The van der Waals surface area contributed by atoms with E-state index in [4.69, 9.17) is 21.1 Å². The molecule has 0 spiro atoms. The van der Waals surface area contributed by atoms with Crippen molar-refractivity contribution in [3.8, 4) is 5.75 Å². The van der Waals surface area contributed by atoms with Crippen molar-refractivity contribution in [1.29, 1.82) is 0 Å². The lowest BCUT2D eigenvalue weighted by Crippen LogP contribution is -2.15. The maximum absolute atomic E-state index is 6.31. The Kier molecular flexibility index (Phi) is 5.01. The van der Waals surface area contributed by atoms with Crippen molar-refractivity contribution < 1.29 is 9.47 Å². The molecular formula is C19H21ClO2. The molecule has 2 aromatic rings. The Labute approximate surface area is 137 Å². The summed E-state index contributed by atoms with van der Waals surface area (Å²) in [5.41, 5.74) is 3.74. The van der Waals surface area contributed by atoms with Gasteiger partial charge < -0.3 is 9.47 Å². The predicted octanol–water partition coefficient (Wildman–Crippen LogP) is 4.66.